The number of aliphatic hydroxyl groups is 1. The number of carboxylic acid groups (broad SMARTS) is 1. The fourth-order valence-corrected chi connectivity index (χ4v) is 3.62. The number of hydrogen-bond acceptors (Lipinski definition) is 7. The summed E-state index contributed by atoms with van der Waals surface area (Å²) >= 11 is 0. The van der Waals surface area contributed by atoms with E-state index in [1.807, 2.05) is 0 Å². The standard InChI is InChI=1S/C25H22F2N4O4/c1-31(11-17-3-2-16(8-18(17)12-32)24(30-29)22(28)13-33)23-10-15(4-6-19(23)25(34)35)14-5-7-20(26)21(27)9-14/h2-10,12,28,33H,11,13,29H2,1H3,(H,34,35)/b28-22?,30-24-. The number of anilines is 1. The van der Waals surface area contributed by atoms with Crippen LogP contribution in [-0.4, -0.2) is 47.5 Å². The highest BCUT2D eigenvalue weighted by Gasteiger charge is 2.18. The Morgan fingerprint density at radius 1 is 1.09 bits per heavy atom. The normalized spacial score (nSPS) is 11.3. The monoisotopic (exact) mass is 480 g/mol. The molecular weight excluding hydrogens is 458 g/mol. The summed E-state index contributed by atoms with van der Waals surface area (Å²) in [6, 6.07) is 12.5. The van der Waals surface area contributed by atoms with Crippen molar-refractivity contribution < 1.29 is 28.6 Å². The van der Waals surface area contributed by atoms with Gasteiger partial charge in [0.25, 0.3) is 0 Å². The Balaban J connectivity index is 2.00. The lowest BCUT2D eigenvalue weighted by Crippen LogP contribution is -2.22. The molecule has 0 saturated carbocycles. The molecule has 0 atom stereocenters. The molecule has 0 aromatic heterocycles. The molecule has 0 amide bonds. The van der Waals surface area contributed by atoms with Crippen molar-refractivity contribution in [1.82, 2.24) is 0 Å². The Morgan fingerprint density at radius 2 is 1.77 bits per heavy atom. The summed E-state index contributed by atoms with van der Waals surface area (Å²) in [5.41, 5.74) is 2.12. The molecule has 0 aliphatic rings. The number of rotatable bonds is 9. The number of aldehydes is 1. The van der Waals surface area contributed by atoms with Crippen LogP contribution in [-0.2, 0) is 6.54 Å². The predicted molar refractivity (Wildman–Crippen MR) is 128 cm³/mol. The largest absolute Gasteiger partial charge is 0.478 e. The van der Waals surface area contributed by atoms with Crippen LogP contribution in [0.5, 0.6) is 0 Å². The van der Waals surface area contributed by atoms with E-state index in [0.29, 0.717) is 34.2 Å². The summed E-state index contributed by atoms with van der Waals surface area (Å²) in [7, 11) is 1.63. The molecule has 180 valence electrons. The fourth-order valence-electron chi connectivity index (χ4n) is 3.62. The number of aliphatic hydroxyl groups excluding tert-OH is 1. The number of carboxylic acids is 1. The number of aromatic carboxylic acids is 1. The highest BCUT2D eigenvalue weighted by molar-refractivity contribution is 6.47. The van der Waals surface area contributed by atoms with E-state index in [2.05, 4.69) is 5.10 Å². The van der Waals surface area contributed by atoms with Gasteiger partial charge in [-0.3, -0.25) is 4.79 Å². The van der Waals surface area contributed by atoms with Crippen molar-refractivity contribution in [1.29, 1.82) is 5.41 Å². The van der Waals surface area contributed by atoms with E-state index >= 15 is 0 Å². The Hall–Kier alpha value is -4.44. The lowest BCUT2D eigenvalue weighted by Gasteiger charge is -2.23. The first-order chi connectivity index (χ1) is 16.7. The summed E-state index contributed by atoms with van der Waals surface area (Å²) in [5.74, 6) is 2.14. The summed E-state index contributed by atoms with van der Waals surface area (Å²) in [6.45, 7) is -0.453. The van der Waals surface area contributed by atoms with E-state index in [1.54, 1.807) is 30.1 Å². The van der Waals surface area contributed by atoms with Crippen molar-refractivity contribution in [2.24, 2.45) is 10.9 Å². The minimum absolute atomic E-state index is 0.0166. The van der Waals surface area contributed by atoms with Crippen molar-refractivity contribution in [3.63, 3.8) is 0 Å². The van der Waals surface area contributed by atoms with Gasteiger partial charge in [-0.1, -0.05) is 24.3 Å². The van der Waals surface area contributed by atoms with Crippen LogP contribution in [0.15, 0.2) is 59.7 Å². The molecule has 0 spiro atoms. The number of hydrazone groups is 1. The van der Waals surface area contributed by atoms with Gasteiger partial charge in [0.1, 0.15) is 12.0 Å². The van der Waals surface area contributed by atoms with Crippen LogP contribution in [0.4, 0.5) is 14.5 Å². The van der Waals surface area contributed by atoms with Gasteiger partial charge >= 0.3 is 5.97 Å². The van der Waals surface area contributed by atoms with Gasteiger partial charge in [0.05, 0.1) is 23.6 Å². The molecule has 3 rings (SSSR count). The van der Waals surface area contributed by atoms with E-state index in [4.69, 9.17) is 11.3 Å². The van der Waals surface area contributed by atoms with Gasteiger partial charge in [-0.15, -0.1) is 0 Å². The zero-order chi connectivity index (χ0) is 25.7. The maximum absolute atomic E-state index is 13.7. The van der Waals surface area contributed by atoms with Crippen molar-refractivity contribution >= 4 is 29.4 Å². The molecule has 0 saturated heterocycles. The van der Waals surface area contributed by atoms with Crippen LogP contribution in [0.3, 0.4) is 0 Å². The highest BCUT2D eigenvalue weighted by atomic mass is 19.2. The van der Waals surface area contributed by atoms with Gasteiger partial charge in [0.2, 0.25) is 0 Å². The van der Waals surface area contributed by atoms with E-state index in [0.717, 1.165) is 12.1 Å². The van der Waals surface area contributed by atoms with Gasteiger partial charge in [-0.25, -0.2) is 13.6 Å². The van der Waals surface area contributed by atoms with Crippen LogP contribution in [0.1, 0.15) is 31.8 Å². The molecule has 35 heavy (non-hydrogen) atoms. The summed E-state index contributed by atoms with van der Waals surface area (Å²) < 4.78 is 27.1. The molecule has 3 aromatic rings. The van der Waals surface area contributed by atoms with Crippen LogP contribution in [0.2, 0.25) is 0 Å². The molecule has 0 unspecified atom stereocenters. The van der Waals surface area contributed by atoms with Crippen LogP contribution >= 0.6 is 0 Å². The van der Waals surface area contributed by atoms with E-state index in [-0.39, 0.29) is 29.1 Å². The number of carbonyl (C=O) groups is 2. The predicted octanol–water partition coefficient (Wildman–Crippen LogP) is 3.45. The molecule has 0 radical (unpaired) electrons. The molecule has 0 fully saturated rings. The topological polar surface area (TPSA) is 140 Å². The number of nitrogens with two attached hydrogens (primary N) is 1. The maximum atomic E-state index is 13.7. The molecule has 8 nitrogen and oxygen atoms in total. The smallest absolute Gasteiger partial charge is 0.337 e. The van der Waals surface area contributed by atoms with Crippen LogP contribution in [0, 0.1) is 17.0 Å². The third-order valence-corrected chi connectivity index (χ3v) is 5.42. The first-order valence-electron chi connectivity index (χ1n) is 10.3. The van der Waals surface area contributed by atoms with Gasteiger partial charge < -0.3 is 26.4 Å². The van der Waals surface area contributed by atoms with E-state index < -0.39 is 24.2 Å². The number of benzene rings is 3. The Labute approximate surface area is 199 Å². The molecule has 0 bridgehead atoms. The second kappa shape index (κ2) is 10.7. The first kappa shape index (κ1) is 25.2. The zero-order valence-electron chi connectivity index (χ0n) is 18.6. The third kappa shape index (κ3) is 5.39. The molecule has 0 aliphatic carbocycles. The number of nitrogens with one attached hydrogen (secondary N) is 1. The molecule has 5 N–H and O–H groups in total. The minimum Gasteiger partial charge on any atom is -0.478 e. The van der Waals surface area contributed by atoms with Crippen LogP contribution < -0.4 is 10.7 Å². The second-order valence-corrected chi connectivity index (χ2v) is 7.67. The van der Waals surface area contributed by atoms with Gasteiger partial charge in [-0.05, 0) is 47.0 Å². The third-order valence-electron chi connectivity index (χ3n) is 5.42. The Morgan fingerprint density at radius 3 is 2.37 bits per heavy atom. The summed E-state index contributed by atoms with van der Waals surface area (Å²) in [6.07, 6.45) is 0.610. The van der Waals surface area contributed by atoms with E-state index in [1.165, 1.54) is 24.3 Å². The molecule has 0 aliphatic heterocycles. The van der Waals surface area contributed by atoms with Crippen LogP contribution in [0.25, 0.3) is 11.1 Å². The zero-order valence-corrected chi connectivity index (χ0v) is 18.6. The average Bonchev–Trinajstić information content (AvgIpc) is 2.86. The second-order valence-electron chi connectivity index (χ2n) is 7.67. The lowest BCUT2D eigenvalue weighted by atomic mass is 9.98. The SMILES string of the molecule is CN(Cc1ccc(/C(=N/N)C(=N)CO)cc1C=O)c1cc(-c2ccc(F)c(F)c2)ccc1C(=O)O. The molecular formula is C25H22F2N4O4. The summed E-state index contributed by atoms with van der Waals surface area (Å²) in [4.78, 5) is 25.2. The fraction of sp³-hybridized carbons (Fsp3) is 0.120. The average molecular weight is 480 g/mol. The quantitative estimate of drug-likeness (QED) is 0.160. The molecule has 3 aromatic carbocycles. The lowest BCUT2D eigenvalue weighted by molar-refractivity contribution is 0.0697. The number of nitrogens with zero attached hydrogens (tertiary/aromatic N) is 2. The van der Waals surface area contributed by atoms with Crippen molar-refractivity contribution in [2.45, 2.75) is 6.54 Å². The van der Waals surface area contributed by atoms with Gasteiger partial charge in [-0.2, -0.15) is 5.10 Å². The van der Waals surface area contributed by atoms with Gasteiger partial charge in [0.15, 0.2) is 11.6 Å². The highest BCUT2D eigenvalue weighted by Crippen LogP contribution is 2.30. The number of carbonyl (C=O) groups excluding carboxylic acids is 1. The van der Waals surface area contributed by atoms with E-state index in [9.17, 15) is 28.6 Å². The first-order valence-corrected chi connectivity index (χ1v) is 10.3. The number of halogens is 2. The van der Waals surface area contributed by atoms with Crippen molar-refractivity contribution in [3.8, 4) is 11.1 Å². The molecule has 10 heteroatoms. The van der Waals surface area contributed by atoms with Crippen molar-refractivity contribution in [2.75, 3.05) is 18.6 Å². The van der Waals surface area contributed by atoms with Gasteiger partial charge in [0, 0.05) is 24.7 Å². The maximum Gasteiger partial charge on any atom is 0.337 e. The molecule has 0 heterocycles. The summed E-state index contributed by atoms with van der Waals surface area (Å²) in [5, 5.41) is 30.1. The minimum atomic E-state index is -1.18. The Kier molecular flexibility index (Phi) is 7.67. The Bertz CT molecular complexity index is 1340. The number of hydrogen-bond donors (Lipinski definition) is 4. The van der Waals surface area contributed by atoms with Crippen molar-refractivity contribution in [3.05, 3.63) is 88.5 Å².